The van der Waals surface area contributed by atoms with Crippen molar-refractivity contribution in [2.75, 3.05) is 10.6 Å². The van der Waals surface area contributed by atoms with Crippen molar-refractivity contribution in [1.29, 1.82) is 0 Å². The summed E-state index contributed by atoms with van der Waals surface area (Å²) >= 11 is 0. The molecule has 0 aliphatic heterocycles. The Labute approximate surface area is 171 Å². The first-order valence-electron chi connectivity index (χ1n) is 9.08. The number of aryl methyl sites for hydroxylation is 1. The van der Waals surface area contributed by atoms with E-state index in [4.69, 9.17) is 0 Å². The zero-order valence-corrected chi connectivity index (χ0v) is 15.9. The SMILES string of the molecule is Cn1cc(-c2cccc(NC(=O)Nc3c(F)cccc3F)c2)c(-c2ccncc2)n1. The first kappa shape index (κ1) is 19.3. The number of anilines is 2. The van der Waals surface area contributed by atoms with Crippen LogP contribution in [0.3, 0.4) is 0 Å². The van der Waals surface area contributed by atoms with Gasteiger partial charge in [-0.3, -0.25) is 9.67 Å². The molecule has 8 heteroatoms. The second kappa shape index (κ2) is 8.12. The van der Waals surface area contributed by atoms with Gasteiger partial charge in [0.05, 0.1) is 0 Å². The summed E-state index contributed by atoms with van der Waals surface area (Å²) in [5.74, 6) is -1.70. The molecule has 0 aliphatic carbocycles. The van der Waals surface area contributed by atoms with Gasteiger partial charge < -0.3 is 10.6 Å². The predicted octanol–water partition coefficient (Wildman–Crippen LogP) is 5.07. The van der Waals surface area contributed by atoms with Crippen LogP contribution in [0.2, 0.25) is 0 Å². The van der Waals surface area contributed by atoms with E-state index in [1.807, 2.05) is 31.4 Å². The molecular formula is C22H17F2N5O. The number of carbonyl (C=O) groups is 1. The maximum atomic E-state index is 13.7. The van der Waals surface area contributed by atoms with Crippen LogP contribution in [0.5, 0.6) is 0 Å². The predicted molar refractivity (Wildman–Crippen MR) is 111 cm³/mol. The molecule has 0 saturated carbocycles. The molecule has 6 nitrogen and oxygen atoms in total. The average molecular weight is 405 g/mol. The molecule has 0 atom stereocenters. The summed E-state index contributed by atoms with van der Waals surface area (Å²) in [6.07, 6.45) is 5.26. The van der Waals surface area contributed by atoms with Crippen LogP contribution in [0.4, 0.5) is 25.0 Å². The number of nitrogens with zero attached hydrogens (tertiary/aromatic N) is 3. The lowest BCUT2D eigenvalue weighted by molar-refractivity contribution is 0.262. The van der Waals surface area contributed by atoms with Crippen molar-refractivity contribution in [2.24, 2.45) is 7.05 Å². The molecule has 0 unspecified atom stereocenters. The Balaban J connectivity index is 1.59. The van der Waals surface area contributed by atoms with Gasteiger partial charge in [-0.15, -0.1) is 0 Å². The minimum absolute atomic E-state index is 0.464. The number of nitrogens with one attached hydrogen (secondary N) is 2. The summed E-state index contributed by atoms with van der Waals surface area (Å²) in [6.45, 7) is 0. The van der Waals surface area contributed by atoms with Crippen LogP contribution in [0.15, 0.2) is 73.2 Å². The third kappa shape index (κ3) is 4.02. The van der Waals surface area contributed by atoms with E-state index in [1.54, 1.807) is 35.3 Å². The highest BCUT2D eigenvalue weighted by Gasteiger charge is 2.14. The van der Waals surface area contributed by atoms with Crippen LogP contribution in [-0.4, -0.2) is 20.8 Å². The summed E-state index contributed by atoms with van der Waals surface area (Å²) < 4.78 is 29.2. The molecule has 2 amide bonds. The quantitative estimate of drug-likeness (QED) is 0.498. The fourth-order valence-corrected chi connectivity index (χ4v) is 3.08. The molecular weight excluding hydrogens is 388 g/mol. The van der Waals surface area contributed by atoms with Crippen molar-refractivity contribution in [3.05, 3.63) is 84.8 Å². The Morgan fingerprint density at radius 3 is 2.37 bits per heavy atom. The van der Waals surface area contributed by atoms with E-state index in [9.17, 15) is 13.6 Å². The van der Waals surface area contributed by atoms with Gasteiger partial charge in [0, 0.05) is 42.5 Å². The van der Waals surface area contributed by atoms with Crippen molar-refractivity contribution >= 4 is 17.4 Å². The standard InChI is InChI=1S/C22H17F2N5O/c1-29-13-17(20(28-29)14-8-10-25-11-9-14)15-4-2-5-16(12-15)26-22(30)27-21-18(23)6-3-7-19(21)24/h2-13H,1H3,(H2,26,27,30). The fraction of sp³-hybridized carbons (Fsp3) is 0.0455. The van der Waals surface area contributed by atoms with Gasteiger partial charge in [0.1, 0.15) is 23.0 Å². The molecule has 4 rings (SSSR count). The zero-order valence-electron chi connectivity index (χ0n) is 15.9. The second-order valence-electron chi connectivity index (χ2n) is 6.56. The van der Waals surface area contributed by atoms with E-state index < -0.39 is 23.4 Å². The first-order valence-corrected chi connectivity index (χ1v) is 9.08. The van der Waals surface area contributed by atoms with Crippen LogP contribution >= 0.6 is 0 Å². The summed E-state index contributed by atoms with van der Waals surface area (Å²) in [6, 6.07) is 13.5. The number of urea groups is 1. The Kier molecular flexibility index (Phi) is 5.21. The number of hydrogen-bond acceptors (Lipinski definition) is 3. The van der Waals surface area contributed by atoms with Crippen molar-refractivity contribution in [3.8, 4) is 22.4 Å². The maximum absolute atomic E-state index is 13.7. The van der Waals surface area contributed by atoms with E-state index in [2.05, 4.69) is 20.7 Å². The van der Waals surface area contributed by atoms with Gasteiger partial charge in [0.2, 0.25) is 0 Å². The van der Waals surface area contributed by atoms with Crippen LogP contribution in [0.25, 0.3) is 22.4 Å². The molecule has 0 aliphatic rings. The summed E-state index contributed by atoms with van der Waals surface area (Å²) in [7, 11) is 1.83. The lowest BCUT2D eigenvalue weighted by Crippen LogP contribution is -2.20. The van der Waals surface area contributed by atoms with Gasteiger partial charge in [-0.25, -0.2) is 13.6 Å². The third-order valence-corrected chi connectivity index (χ3v) is 4.42. The molecule has 2 heterocycles. The van der Waals surface area contributed by atoms with Gasteiger partial charge in [-0.1, -0.05) is 18.2 Å². The largest absolute Gasteiger partial charge is 0.323 e. The van der Waals surface area contributed by atoms with Gasteiger partial charge >= 0.3 is 6.03 Å². The van der Waals surface area contributed by atoms with E-state index in [0.29, 0.717) is 5.69 Å². The molecule has 0 radical (unpaired) electrons. The lowest BCUT2D eigenvalue weighted by Gasteiger charge is -2.10. The number of carbonyl (C=O) groups excluding carboxylic acids is 1. The number of rotatable bonds is 4. The van der Waals surface area contributed by atoms with Crippen molar-refractivity contribution in [3.63, 3.8) is 0 Å². The lowest BCUT2D eigenvalue weighted by atomic mass is 10.0. The highest BCUT2D eigenvalue weighted by molar-refractivity contribution is 6.00. The molecule has 4 aromatic rings. The number of aromatic nitrogens is 3. The second-order valence-corrected chi connectivity index (χ2v) is 6.56. The minimum Gasteiger partial charge on any atom is -0.308 e. The van der Waals surface area contributed by atoms with Crippen LogP contribution in [0.1, 0.15) is 0 Å². The van der Waals surface area contributed by atoms with Crippen molar-refractivity contribution in [1.82, 2.24) is 14.8 Å². The summed E-state index contributed by atoms with van der Waals surface area (Å²) in [5.41, 5.74) is 3.34. The van der Waals surface area contributed by atoms with Gasteiger partial charge in [0.15, 0.2) is 0 Å². The van der Waals surface area contributed by atoms with E-state index in [1.165, 1.54) is 6.07 Å². The fourth-order valence-electron chi connectivity index (χ4n) is 3.08. The van der Waals surface area contributed by atoms with E-state index >= 15 is 0 Å². The van der Waals surface area contributed by atoms with Crippen LogP contribution in [-0.2, 0) is 7.05 Å². The molecule has 0 fully saturated rings. The number of para-hydroxylation sites is 1. The highest BCUT2D eigenvalue weighted by Crippen LogP contribution is 2.32. The number of pyridine rings is 1. The van der Waals surface area contributed by atoms with E-state index in [0.717, 1.165) is 34.5 Å². The van der Waals surface area contributed by atoms with E-state index in [-0.39, 0.29) is 0 Å². The van der Waals surface area contributed by atoms with Gasteiger partial charge in [0.25, 0.3) is 0 Å². The zero-order chi connectivity index (χ0) is 21.1. The van der Waals surface area contributed by atoms with Crippen molar-refractivity contribution < 1.29 is 13.6 Å². The molecule has 2 aromatic carbocycles. The Hall–Kier alpha value is -4.07. The van der Waals surface area contributed by atoms with Crippen molar-refractivity contribution in [2.45, 2.75) is 0 Å². The summed E-state index contributed by atoms with van der Waals surface area (Å²) in [4.78, 5) is 16.3. The topological polar surface area (TPSA) is 71.8 Å². The molecule has 0 spiro atoms. The number of halogens is 2. The van der Waals surface area contributed by atoms with Crippen LogP contribution < -0.4 is 10.6 Å². The van der Waals surface area contributed by atoms with Gasteiger partial charge in [-0.2, -0.15) is 5.10 Å². The molecule has 30 heavy (non-hydrogen) atoms. The normalized spacial score (nSPS) is 10.6. The maximum Gasteiger partial charge on any atom is 0.323 e. The smallest absolute Gasteiger partial charge is 0.308 e. The van der Waals surface area contributed by atoms with Gasteiger partial charge in [-0.05, 0) is 42.0 Å². The van der Waals surface area contributed by atoms with Crippen LogP contribution in [0, 0.1) is 11.6 Å². The average Bonchev–Trinajstić information content (AvgIpc) is 3.13. The first-order chi connectivity index (χ1) is 14.5. The Morgan fingerprint density at radius 2 is 1.63 bits per heavy atom. The molecule has 2 N–H and O–H groups in total. The monoisotopic (exact) mass is 405 g/mol. The number of benzene rings is 2. The molecule has 0 bridgehead atoms. The molecule has 150 valence electrons. The Bertz CT molecular complexity index is 1190. The molecule has 0 saturated heterocycles. The minimum atomic E-state index is -0.851. The third-order valence-electron chi connectivity index (χ3n) is 4.42. The highest BCUT2D eigenvalue weighted by atomic mass is 19.1. The number of hydrogen-bond donors (Lipinski definition) is 2. The summed E-state index contributed by atoms with van der Waals surface area (Å²) in [5, 5.41) is 9.33. The number of amides is 2. The molecule has 2 aromatic heterocycles. The Morgan fingerprint density at radius 1 is 0.933 bits per heavy atom.